The Hall–Kier alpha value is -3.30. The summed E-state index contributed by atoms with van der Waals surface area (Å²) in [5.74, 6) is 0.718. The summed E-state index contributed by atoms with van der Waals surface area (Å²) in [7, 11) is 1.66. The topological polar surface area (TPSA) is 95.8 Å². The Balaban J connectivity index is 1.30. The summed E-state index contributed by atoms with van der Waals surface area (Å²) in [6, 6.07) is 7.94. The summed E-state index contributed by atoms with van der Waals surface area (Å²) in [6.45, 7) is 6.38. The molecule has 0 radical (unpaired) electrons. The van der Waals surface area contributed by atoms with Gasteiger partial charge in [-0.05, 0) is 19.1 Å². The van der Waals surface area contributed by atoms with Crippen molar-refractivity contribution >= 4 is 17.6 Å². The molecule has 2 aliphatic heterocycles. The Morgan fingerprint density at radius 3 is 2.63 bits per heavy atom. The second-order valence-corrected chi connectivity index (χ2v) is 7.46. The molecular weight excluding hydrogens is 386 g/mol. The molecule has 30 heavy (non-hydrogen) atoms. The predicted molar refractivity (Wildman–Crippen MR) is 111 cm³/mol. The Morgan fingerprint density at radius 1 is 1.17 bits per heavy atom. The highest BCUT2D eigenvalue weighted by Gasteiger charge is 2.33. The molecule has 10 nitrogen and oxygen atoms in total. The van der Waals surface area contributed by atoms with Crippen molar-refractivity contribution in [3.05, 3.63) is 36.2 Å². The quantitative estimate of drug-likeness (QED) is 0.780. The molecule has 4 rings (SSSR count). The van der Waals surface area contributed by atoms with Gasteiger partial charge in [-0.1, -0.05) is 11.3 Å². The monoisotopic (exact) mass is 413 g/mol. The Labute approximate surface area is 175 Å². The van der Waals surface area contributed by atoms with Crippen molar-refractivity contribution in [2.75, 3.05) is 57.8 Å². The molecule has 10 heteroatoms. The molecule has 0 spiro atoms. The van der Waals surface area contributed by atoms with Crippen molar-refractivity contribution in [2.24, 2.45) is 0 Å². The summed E-state index contributed by atoms with van der Waals surface area (Å²) in [5, 5.41) is 11.0. The number of nitrogens with one attached hydrogen (secondary N) is 1. The van der Waals surface area contributed by atoms with Crippen molar-refractivity contribution < 1.29 is 14.3 Å². The van der Waals surface area contributed by atoms with E-state index in [0.717, 1.165) is 24.5 Å². The number of urea groups is 1. The lowest BCUT2D eigenvalue weighted by Crippen LogP contribution is -2.54. The van der Waals surface area contributed by atoms with Crippen LogP contribution in [0.15, 0.2) is 30.5 Å². The molecule has 1 N–H and O–H groups in total. The first kappa shape index (κ1) is 20.0. The smallest absolute Gasteiger partial charge is 0.317 e. The fourth-order valence-corrected chi connectivity index (χ4v) is 3.74. The van der Waals surface area contributed by atoms with Crippen LogP contribution < -0.4 is 15.0 Å². The van der Waals surface area contributed by atoms with Crippen molar-refractivity contribution in [3.8, 4) is 5.75 Å². The molecule has 2 aliphatic rings. The van der Waals surface area contributed by atoms with E-state index in [0.29, 0.717) is 38.4 Å². The third kappa shape index (κ3) is 4.03. The highest BCUT2D eigenvalue weighted by molar-refractivity contribution is 5.92. The molecule has 160 valence electrons. The second-order valence-electron chi connectivity index (χ2n) is 7.46. The van der Waals surface area contributed by atoms with Gasteiger partial charge in [0.15, 0.2) is 5.69 Å². The first-order valence-corrected chi connectivity index (χ1v) is 10.2. The fourth-order valence-electron chi connectivity index (χ4n) is 3.74. The molecule has 2 saturated heterocycles. The molecule has 2 aromatic rings. The fraction of sp³-hybridized carbons (Fsp3) is 0.500. The van der Waals surface area contributed by atoms with E-state index in [2.05, 4.69) is 20.5 Å². The lowest BCUT2D eigenvalue weighted by molar-refractivity contribution is 0.0740. The van der Waals surface area contributed by atoms with Crippen molar-refractivity contribution in [1.82, 2.24) is 30.1 Å². The maximum Gasteiger partial charge on any atom is 0.317 e. The van der Waals surface area contributed by atoms with E-state index in [1.54, 1.807) is 22.9 Å². The largest absolute Gasteiger partial charge is 0.497 e. The highest BCUT2D eigenvalue weighted by Crippen LogP contribution is 2.23. The highest BCUT2D eigenvalue weighted by atomic mass is 16.5. The van der Waals surface area contributed by atoms with Gasteiger partial charge in [-0.15, -0.1) is 5.10 Å². The second kappa shape index (κ2) is 8.60. The molecule has 3 amide bonds. The number of anilines is 1. The summed E-state index contributed by atoms with van der Waals surface area (Å²) < 4.78 is 6.99. The van der Waals surface area contributed by atoms with Crippen LogP contribution in [0.25, 0.3) is 0 Å². The van der Waals surface area contributed by atoms with Gasteiger partial charge in [-0.25, -0.2) is 9.48 Å². The number of benzene rings is 1. The van der Waals surface area contributed by atoms with E-state index >= 15 is 0 Å². The maximum atomic E-state index is 12.8. The van der Waals surface area contributed by atoms with Gasteiger partial charge in [-0.3, -0.25) is 4.79 Å². The van der Waals surface area contributed by atoms with E-state index in [1.807, 2.05) is 36.1 Å². The Morgan fingerprint density at radius 2 is 1.93 bits per heavy atom. The number of likely N-dealkylation sites (tertiary alicyclic amines) is 1. The van der Waals surface area contributed by atoms with Crippen LogP contribution in [0.4, 0.5) is 10.5 Å². The minimum Gasteiger partial charge on any atom is -0.497 e. The first-order valence-electron chi connectivity index (χ1n) is 10.2. The molecule has 0 atom stereocenters. The van der Waals surface area contributed by atoms with Gasteiger partial charge in [0.05, 0.1) is 19.3 Å². The standard InChI is InChI=1S/C20H27N7O3/c1-3-21-20(29)26-12-16(13-26)27-14-18(22-23-27)19(28)25-9-7-24(8-10-25)15-5-4-6-17(11-15)30-2/h4-6,11,14,16H,3,7-10,12-13H2,1-2H3,(H,21,29). The minimum absolute atomic E-state index is 0.0616. The number of ether oxygens (including phenoxy) is 1. The molecule has 1 aromatic heterocycles. The zero-order chi connectivity index (χ0) is 21.1. The number of nitrogens with zero attached hydrogens (tertiary/aromatic N) is 6. The van der Waals surface area contributed by atoms with E-state index in [-0.39, 0.29) is 18.0 Å². The zero-order valence-electron chi connectivity index (χ0n) is 17.3. The number of carbonyl (C=O) groups excluding carboxylic acids is 2. The molecule has 0 unspecified atom stereocenters. The van der Waals surface area contributed by atoms with Gasteiger partial charge in [0.1, 0.15) is 5.75 Å². The average molecular weight is 413 g/mol. The van der Waals surface area contributed by atoms with E-state index in [4.69, 9.17) is 4.74 Å². The lowest BCUT2D eigenvalue weighted by Gasteiger charge is -2.38. The predicted octanol–water partition coefficient (Wildman–Crippen LogP) is 0.835. The maximum absolute atomic E-state index is 12.8. The van der Waals surface area contributed by atoms with Crippen molar-refractivity contribution in [3.63, 3.8) is 0 Å². The number of amides is 3. The lowest BCUT2D eigenvalue weighted by atomic mass is 10.1. The molecule has 1 aromatic carbocycles. The van der Waals surface area contributed by atoms with Gasteiger partial charge in [0.2, 0.25) is 0 Å². The van der Waals surface area contributed by atoms with Gasteiger partial charge in [0.25, 0.3) is 5.91 Å². The number of hydrogen-bond acceptors (Lipinski definition) is 6. The van der Waals surface area contributed by atoms with Gasteiger partial charge in [-0.2, -0.15) is 0 Å². The molecule has 0 aliphatic carbocycles. The summed E-state index contributed by atoms with van der Waals surface area (Å²) >= 11 is 0. The van der Waals surface area contributed by atoms with Crippen LogP contribution in [0.5, 0.6) is 5.75 Å². The minimum atomic E-state index is -0.105. The van der Waals surface area contributed by atoms with Crippen LogP contribution in [-0.4, -0.2) is 89.7 Å². The van der Waals surface area contributed by atoms with Gasteiger partial charge >= 0.3 is 6.03 Å². The number of carbonyl (C=O) groups is 2. The van der Waals surface area contributed by atoms with Crippen molar-refractivity contribution in [1.29, 1.82) is 0 Å². The number of aromatic nitrogens is 3. The molecule has 0 bridgehead atoms. The zero-order valence-corrected chi connectivity index (χ0v) is 17.3. The number of rotatable bonds is 5. The van der Waals surface area contributed by atoms with Crippen LogP contribution in [-0.2, 0) is 0 Å². The van der Waals surface area contributed by atoms with Crippen LogP contribution in [0.1, 0.15) is 23.5 Å². The summed E-state index contributed by atoms with van der Waals surface area (Å²) in [5.41, 5.74) is 1.44. The van der Waals surface area contributed by atoms with Crippen LogP contribution in [0.2, 0.25) is 0 Å². The van der Waals surface area contributed by atoms with Gasteiger partial charge in [0, 0.05) is 57.6 Å². The number of methoxy groups -OCH3 is 1. The van der Waals surface area contributed by atoms with Gasteiger partial charge < -0.3 is 24.8 Å². The average Bonchev–Trinajstić information content (AvgIpc) is 3.22. The molecular formula is C20H27N7O3. The van der Waals surface area contributed by atoms with E-state index < -0.39 is 0 Å². The van der Waals surface area contributed by atoms with Crippen molar-refractivity contribution in [2.45, 2.75) is 13.0 Å². The van der Waals surface area contributed by atoms with Crippen LogP contribution in [0.3, 0.4) is 0 Å². The van der Waals surface area contributed by atoms with E-state index in [1.165, 1.54) is 0 Å². The normalized spacial score (nSPS) is 16.9. The summed E-state index contributed by atoms with van der Waals surface area (Å²) in [4.78, 5) is 30.4. The SMILES string of the molecule is CCNC(=O)N1CC(n2cc(C(=O)N3CCN(c4cccc(OC)c4)CC3)nn2)C1. The molecule has 0 saturated carbocycles. The number of hydrogen-bond donors (Lipinski definition) is 1. The Bertz CT molecular complexity index is 901. The third-order valence-corrected chi connectivity index (χ3v) is 5.57. The number of piperazine rings is 1. The first-order chi connectivity index (χ1) is 14.6. The molecule has 2 fully saturated rings. The molecule has 3 heterocycles. The Kier molecular flexibility index (Phi) is 5.73. The summed E-state index contributed by atoms with van der Waals surface area (Å²) in [6.07, 6.45) is 1.69. The third-order valence-electron chi connectivity index (χ3n) is 5.57. The van der Waals surface area contributed by atoms with E-state index in [9.17, 15) is 9.59 Å². The van der Waals surface area contributed by atoms with Crippen LogP contribution >= 0.6 is 0 Å². The van der Waals surface area contributed by atoms with Crippen LogP contribution in [0, 0.1) is 0 Å².